The molecule has 1 heterocycles. The molecule has 2 aliphatic carbocycles. The van der Waals surface area contributed by atoms with Crippen LogP contribution in [0.3, 0.4) is 0 Å². The second kappa shape index (κ2) is 12.4. The minimum atomic E-state index is -4.70. The first-order chi connectivity index (χ1) is 20.1. The summed E-state index contributed by atoms with van der Waals surface area (Å²) in [4.78, 5) is 24.9. The maximum Gasteiger partial charge on any atom is 0.435 e. The van der Waals surface area contributed by atoms with Crippen molar-refractivity contribution >= 4 is 17.5 Å². The third-order valence-electron chi connectivity index (χ3n) is 7.29. The van der Waals surface area contributed by atoms with Gasteiger partial charge in [-0.2, -0.15) is 18.3 Å². The van der Waals surface area contributed by atoms with Crippen molar-refractivity contribution < 1.29 is 27.5 Å². The van der Waals surface area contributed by atoms with Crippen molar-refractivity contribution in [3.05, 3.63) is 101 Å². The molecule has 42 heavy (non-hydrogen) atoms. The largest absolute Gasteiger partial charge is 0.435 e. The molecule has 2 atom stereocenters. The number of nitrogens with zero attached hydrogens (tertiary/aromatic N) is 2. The number of hydrogen-bond donors (Lipinski definition) is 2. The lowest BCUT2D eigenvalue weighted by atomic mass is 9.91. The van der Waals surface area contributed by atoms with E-state index in [1.165, 1.54) is 6.92 Å². The molecule has 5 rings (SSSR count). The van der Waals surface area contributed by atoms with Crippen LogP contribution in [0.15, 0.2) is 78.4 Å². The summed E-state index contributed by atoms with van der Waals surface area (Å²) in [6.45, 7) is 3.99. The van der Waals surface area contributed by atoms with Gasteiger partial charge < -0.3 is 15.4 Å². The third-order valence-corrected chi connectivity index (χ3v) is 7.29. The molecule has 0 saturated heterocycles. The highest BCUT2D eigenvalue weighted by molar-refractivity contribution is 5.93. The number of carbonyl (C=O) groups is 2. The fraction of sp³-hybridized carbons (Fsp3) is 0.344. The SMILES string of the molecule is CCc1cccc(-n2nc(C(F)(F)F)cc2C(=O)NC2C=CC=C(C(OCC3CC3)c3ccc(NC(C)=O)cc3)C2)c1. The van der Waals surface area contributed by atoms with Gasteiger partial charge in [-0.15, -0.1) is 0 Å². The van der Waals surface area contributed by atoms with Gasteiger partial charge >= 0.3 is 6.18 Å². The molecule has 1 saturated carbocycles. The average molecular weight is 579 g/mol. The Labute approximate surface area is 242 Å². The predicted octanol–water partition coefficient (Wildman–Crippen LogP) is 6.56. The lowest BCUT2D eigenvalue weighted by molar-refractivity contribution is -0.141. The van der Waals surface area contributed by atoms with Crippen LogP contribution in [0.5, 0.6) is 0 Å². The first-order valence-electron chi connectivity index (χ1n) is 14.0. The van der Waals surface area contributed by atoms with Gasteiger partial charge in [0, 0.05) is 18.7 Å². The van der Waals surface area contributed by atoms with E-state index in [-0.39, 0.29) is 17.7 Å². The number of alkyl halides is 3. The summed E-state index contributed by atoms with van der Waals surface area (Å²) < 4.78 is 48.3. The van der Waals surface area contributed by atoms with E-state index in [2.05, 4.69) is 15.7 Å². The van der Waals surface area contributed by atoms with E-state index in [9.17, 15) is 22.8 Å². The van der Waals surface area contributed by atoms with Gasteiger partial charge in [-0.3, -0.25) is 9.59 Å². The second-order valence-electron chi connectivity index (χ2n) is 10.7. The molecule has 2 unspecified atom stereocenters. The van der Waals surface area contributed by atoms with Crippen LogP contribution in [-0.4, -0.2) is 34.2 Å². The van der Waals surface area contributed by atoms with E-state index in [4.69, 9.17) is 4.74 Å². The molecule has 2 aliphatic rings. The van der Waals surface area contributed by atoms with E-state index in [1.54, 1.807) is 18.2 Å². The highest BCUT2D eigenvalue weighted by Gasteiger charge is 2.36. The Kier molecular flexibility index (Phi) is 8.63. The van der Waals surface area contributed by atoms with E-state index in [0.717, 1.165) is 40.3 Å². The van der Waals surface area contributed by atoms with Crippen LogP contribution in [0.2, 0.25) is 0 Å². The van der Waals surface area contributed by atoms with Crippen LogP contribution in [0.4, 0.5) is 18.9 Å². The highest BCUT2D eigenvalue weighted by atomic mass is 19.4. The van der Waals surface area contributed by atoms with Gasteiger partial charge in [0.1, 0.15) is 11.8 Å². The normalized spacial score (nSPS) is 17.5. The van der Waals surface area contributed by atoms with Gasteiger partial charge in [0.15, 0.2) is 5.69 Å². The van der Waals surface area contributed by atoms with Crippen molar-refractivity contribution in [2.45, 2.75) is 57.9 Å². The van der Waals surface area contributed by atoms with E-state index < -0.39 is 23.8 Å². The standard InChI is InChI=1S/C32H33F3N4O3/c1-3-21-6-4-9-27(16-21)39-28(18-29(38-39)32(33,34)35)31(41)37-26-8-5-7-24(17-26)30(42-19-22-10-11-22)23-12-14-25(15-13-23)36-20(2)40/h4-9,12-16,18,22,26,30H,3,10-11,17,19H2,1-2H3,(H,36,40)(H,37,41). The van der Waals surface area contributed by atoms with Crippen LogP contribution < -0.4 is 10.6 Å². The molecule has 10 heteroatoms. The van der Waals surface area contributed by atoms with E-state index in [1.807, 2.05) is 55.5 Å². The third kappa shape index (κ3) is 7.17. The molecule has 7 nitrogen and oxygen atoms in total. The summed E-state index contributed by atoms with van der Waals surface area (Å²) in [5, 5.41) is 9.39. The number of halogens is 3. The zero-order chi connectivity index (χ0) is 29.9. The Morgan fingerprint density at radius 2 is 1.88 bits per heavy atom. The first-order valence-corrected chi connectivity index (χ1v) is 14.0. The second-order valence-corrected chi connectivity index (χ2v) is 10.7. The molecule has 3 aromatic rings. The van der Waals surface area contributed by atoms with Crippen LogP contribution >= 0.6 is 0 Å². The summed E-state index contributed by atoms with van der Waals surface area (Å²) in [5.41, 5.74) is 2.46. The molecule has 0 radical (unpaired) electrons. The van der Waals surface area contributed by atoms with Crippen molar-refractivity contribution in [1.29, 1.82) is 0 Å². The maximum absolute atomic E-state index is 13.6. The molecule has 2 amide bonds. The minimum absolute atomic E-state index is 0.162. The minimum Gasteiger partial charge on any atom is -0.369 e. The smallest absolute Gasteiger partial charge is 0.369 e. The lowest BCUT2D eigenvalue weighted by Crippen LogP contribution is -2.36. The molecule has 0 bridgehead atoms. The number of nitrogens with one attached hydrogen (secondary N) is 2. The number of aromatic nitrogens is 2. The van der Waals surface area contributed by atoms with E-state index >= 15 is 0 Å². The Hall–Kier alpha value is -4.18. The van der Waals surface area contributed by atoms with Gasteiger partial charge in [-0.25, -0.2) is 4.68 Å². The maximum atomic E-state index is 13.6. The number of carbonyl (C=O) groups excluding carboxylic acids is 2. The molecule has 1 aromatic heterocycles. The summed E-state index contributed by atoms with van der Waals surface area (Å²) in [6, 6.07) is 14.7. The van der Waals surface area contributed by atoms with Crippen molar-refractivity contribution in [2.75, 3.05) is 11.9 Å². The molecule has 1 fully saturated rings. The van der Waals surface area contributed by atoms with E-state index in [0.29, 0.717) is 36.7 Å². The van der Waals surface area contributed by atoms with Crippen LogP contribution in [0.25, 0.3) is 5.69 Å². The Morgan fingerprint density at radius 1 is 1.12 bits per heavy atom. The fourth-order valence-corrected chi connectivity index (χ4v) is 4.90. The summed E-state index contributed by atoms with van der Waals surface area (Å²) in [5.74, 6) is -0.300. The summed E-state index contributed by atoms with van der Waals surface area (Å²) in [6.07, 6.45) is 3.85. The Morgan fingerprint density at radius 3 is 2.55 bits per heavy atom. The zero-order valence-electron chi connectivity index (χ0n) is 23.4. The Bertz CT molecular complexity index is 1500. The number of hydrogen-bond acceptors (Lipinski definition) is 4. The monoisotopic (exact) mass is 578 g/mol. The van der Waals surface area contributed by atoms with Crippen molar-refractivity contribution in [1.82, 2.24) is 15.1 Å². The predicted molar refractivity (Wildman–Crippen MR) is 153 cm³/mol. The fourth-order valence-electron chi connectivity index (χ4n) is 4.90. The highest BCUT2D eigenvalue weighted by Crippen LogP contribution is 2.36. The molecule has 0 spiro atoms. The number of aryl methyl sites for hydroxylation is 1. The molecule has 2 aromatic carbocycles. The number of anilines is 1. The van der Waals surface area contributed by atoms with Gasteiger partial charge in [-0.1, -0.05) is 49.4 Å². The lowest BCUT2D eigenvalue weighted by Gasteiger charge is -2.27. The van der Waals surface area contributed by atoms with Gasteiger partial charge in [-0.05, 0) is 72.6 Å². The number of benzene rings is 2. The molecular formula is C32H33F3N4O3. The topological polar surface area (TPSA) is 85.2 Å². The van der Waals surface area contributed by atoms with Gasteiger partial charge in [0.25, 0.3) is 5.91 Å². The van der Waals surface area contributed by atoms with Crippen LogP contribution in [0.1, 0.15) is 66.5 Å². The zero-order valence-corrected chi connectivity index (χ0v) is 23.4. The molecule has 220 valence electrons. The summed E-state index contributed by atoms with van der Waals surface area (Å²) >= 11 is 0. The van der Waals surface area contributed by atoms with Crippen molar-refractivity contribution in [3.63, 3.8) is 0 Å². The molecular weight excluding hydrogens is 545 g/mol. The van der Waals surface area contributed by atoms with Gasteiger partial charge in [0.2, 0.25) is 5.91 Å². The number of rotatable bonds is 10. The number of allylic oxidation sites excluding steroid dienone is 2. The van der Waals surface area contributed by atoms with Crippen molar-refractivity contribution in [2.24, 2.45) is 5.92 Å². The molecule has 2 N–H and O–H groups in total. The van der Waals surface area contributed by atoms with Gasteiger partial charge in [0.05, 0.1) is 18.3 Å². The van der Waals surface area contributed by atoms with Crippen LogP contribution in [-0.2, 0) is 22.1 Å². The number of ether oxygens (including phenoxy) is 1. The Balaban J connectivity index is 1.36. The summed E-state index contributed by atoms with van der Waals surface area (Å²) in [7, 11) is 0. The quantitative estimate of drug-likeness (QED) is 0.285. The average Bonchev–Trinajstić information content (AvgIpc) is 3.67. The first kappa shape index (κ1) is 29.3. The number of amides is 2. The van der Waals surface area contributed by atoms with Crippen molar-refractivity contribution in [3.8, 4) is 5.69 Å². The van der Waals surface area contributed by atoms with Crippen LogP contribution in [0, 0.1) is 5.92 Å². The molecule has 0 aliphatic heterocycles.